The molecule has 8 heteroatoms. The summed E-state index contributed by atoms with van der Waals surface area (Å²) in [4.78, 5) is 30.4. The molecular formula is C19H35IN4O3. The van der Waals surface area contributed by atoms with Gasteiger partial charge in [0.1, 0.15) is 0 Å². The summed E-state index contributed by atoms with van der Waals surface area (Å²) in [6, 6.07) is 0. The summed E-state index contributed by atoms with van der Waals surface area (Å²) < 4.78 is 5.15. The van der Waals surface area contributed by atoms with Gasteiger partial charge in [0.25, 0.3) is 0 Å². The zero-order valence-corrected chi connectivity index (χ0v) is 19.0. The number of carbonyl (C=O) groups excluding carboxylic acids is 2. The first-order chi connectivity index (χ1) is 12.6. The van der Waals surface area contributed by atoms with Gasteiger partial charge >= 0.3 is 5.97 Å². The fourth-order valence-electron chi connectivity index (χ4n) is 3.88. The largest absolute Gasteiger partial charge is 0.466 e. The number of aliphatic imine (C=N–C) groups is 1. The molecule has 0 bridgehead atoms. The van der Waals surface area contributed by atoms with Crippen LogP contribution in [-0.2, 0) is 14.3 Å². The molecule has 1 unspecified atom stereocenters. The number of amides is 1. The van der Waals surface area contributed by atoms with Gasteiger partial charge in [0.2, 0.25) is 5.91 Å². The normalized spacial score (nSPS) is 20.7. The Kier molecular flexibility index (Phi) is 11.7. The zero-order chi connectivity index (χ0) is 18.8. The van der Waals surface area contributed by atoms with Crippen LogP contribution in [0.15, 0.2) is 4.99 Å². The average Bonchev–Trinajstić information content (AvgIpc) is 3.15. The standard InChI is InChI=1S/C19H34N4O3.HI/c1-3-26-18(25)16-9-6-12-23(14-16)19(20-2)22-11-10-21-17(24)13-15-7-4-5-8-15;/h15-16H,3-14H2,1-2H3,(H,20,22)(H,21,24);1H. The average molecular weight is 494 g/mol. The van der Waals surface area contributed by atoms with Gasteiger partial charge in [0.15, 0.2) is 5.96 Å². The Hall–Kier alpha value is -1.06. The van der Waals surface area contributed by atoms with Gasteiger partial charge in [-0.3, -0.25) is 14.6 Å². The van der Waals surface area contributed by atoms with Crippen LogP contribution in [0, 0.1) is 11.8 Å². The molecule has 0 aromatic heterocycles. The maximum atomic E-state index is 12.0. The molecule has 2 fully saturated rings. The minimum Gasteiger partial charge on any atom is -0.466 e. The molecule has 1 amide bonds. The minimum absolute atomic E-state index is 0. The van der Waals surface area contributed by atoms with Gasteiger partial charge in [0, 0.05) is 39.6 Å². The van der Waals surface area contributed by atoms with E-state index >= 15 is 0 Å². The molecule has 0 spiro atoms. The molecule has 1 aliphatic heterocycles. The first-order valence-corrected chi connectivity index (χ1v) is 10.0. The molecular weight excluding hydrogens is 459 g/mol. The highest BCUT2D eigenvalue weighted by atomic mass is 127. The van der Waals surface area contributed by atoms with E-state index in [9.17, 15) is 9.59 Å². The van der Waals surface area contributed by atoms with Gasteiger partial charge in [-0.1, -0.05) is 12.8 Å². The van der Waals surface area contributed by atoms with Crippen molar-refractivity contribution in [3.8, 4) is 0 Å². The minimum atomic E-state index is -0.119. The van der Waals surface area contributed by atoms with Crippen molar-refractivity contribution in [2.24, 2.45) is 16.8 Å². The molecule has 1 atom stereocenters. The Labute approximate surface area is 180 Å². The van der Waals surface area contributed by atoms with Crippen LogP contribution in [0.5, 0.6) is 0 Å². The number of rotatable bonds is 7. The van der Waals surface area contributed by atoms with Crippen LogP contribution >= 0.6 is 24.0 Å². The highest BCUT2D eigenvalue weighted by Crippen LogP contribution is 2.27. The predicted molar refractivity (Wildman–Crippen MR) is 117 cm³/mol. The summed E-state index contributed by atoms with van der Waals surface area (Å²) in [7, 11) is 1.75. The molecule has 1 saturated heterocycles. The lowest BCUT2D eigenvalue weighted by molar-refractivity contribution is -0.149. The molecule has 156 valence electrons. The maximum absolute atomic E-state index is 12.0. The van der Waals surface area contributed by atoms with Crippen LogP contribution < -0.4 is 10.6 Å². The number of nitrogens with zero attached hydrogens (tertiary/aromatic N) is 2. The SMILES string of the molecule is CCOC(=O)C1CCCN(C(=NC)NCCNC(=O)CC2CCCC2)C1.I. The number of nitrogens with one attached hydrogen (secondary N) is 2. The van der Waals surface area contributed by atoms with Crippen LogP contribution in [0.2, 0.25) is 0 Å². The Balaban J connectivity index is 0.00000364. The quantitative estimate of drug-likeness (QED) is 0.186. The van der Waals surface area contributed by atoms with Crippen molar-refractivity contribution in [3.05, 3.63) is 0 Å². The highest BCUT2D eigenvalue weighted by molar-refractivity contribution is 14.0. The maximum Gasteiger partial charge on any atom is 0.310 e. The smallest absolute Gasteiger partial charge is 0.310 e. The third kappa shape index (κ3) is 8.23. The van der Waals surface area contributed by atoms with Gasteiger partial charge < -0.3 is 20.3 Å². The molecule has 0 aromatic rings. The predicted octanol–water partition coefficient (Wildman–Crippen LogP) is 2.15. The van der Waals surface area contributed by atoms with Gasteiger partial charge in [-0.15, -0.1) is 24.0 Å². The number of likely N-dealkylation sites (tertiary alicyclic amines) is 1. The fraction of sp³-hybridized carbons (Fsp3) is 0.842. The summed E-state index contributed by atoms with van der Waals surface area (Å²) in [6.07, 6.45) is 7.37. The van der Waals surface area contributed by atoms with Crippen molar-refractivity contribution in [1.82, 2.24) is 15.5 Å². The number of ether oxygens (including phenoxy) is 1. The van der Waals surface area contributed by atoms with Crippen LogP contribution in [0.25, 0.3) is 0 Å². The van der Waals surface area contributed by atoms with E-state index in [2.05, 4.69) is 20.5 Å². The van der Waals surface area contributed by atoms with E-state index in [0.29, 0.717) is 38.6 Å². The summed E-state index contributed by atoms with van der Waals surface area (Å²) in [5, 5.41) is 6.28. The number of hydrogen-bond acceptors (Lipinski definition) is 4. The highest BCUT2D eigenvalue weighted by Gasteiger charge is 2.28. The summed E-state index contributed by atoms with van der Waals surface area (Å²) >= 11 is 0. The van der Waals surface area contributed by atoms with Crippen molar-refractivity contribution >= 4 is 41.8 Å². The Morgan fingerprint density at radius 1 is 1.11 bits per heavy atom. The number of hydrogen-bond donors (Lipinski definition) is 2. The monoisotopic (exact) mass is 494 g/mol. The third-order valence-electron chi connectivity index (χ3n) is 5.23. The first kappa shape index (κ1) is 24.0. The number of carbonyl (C=O) groups is 2. The zero-order valence-electron chi connectivity index (χ0n) is 16.7. The van der Waals surface area contributed by atoms with Crippen LogP contribution in [-0.4, -0.2) is 62.6 Å². The summed E-state index contributed by atoms with van der Waals surface area (Å²) in [6.45, 7) is 4.97. The second-order valence-electron chi connectivity index (χ2n) is 7.22. The molecule has 7 nitrogen and oxygen atoms in total. The Bertz CT molecular complexity index is 495. The van der Waals surface area contributed by atoms with E-state index in [1.54, 1.807) is 7.05 Å². The third-order valence-corrected chi connectivity index (χ3v) is 5.23. The van der Waals surface area contributed by atoms with E-state index < -0.39 is 0 Å². The van der Waals surface area contributed by atoms with Crippen molar-refractivity contribution < 1.29 is 14.3 Å². The van der Waals surface area contributed by atoms with Crippen molar-refractivity contribution in [1.29, 1.82) is 0 Å². The number of piperidine rings is 1. The summed E-state index contributed by atoms with van der Waals surface area (Å²) in [5.41, 5.74) is 0. The van der Waals surface area contributed by atoms with E-state index in [4.69, 9.17) is 4.74 Å². The first-order valence-electron chi connectivity index (χ1n) is 10.0. The van der Waals surface area contributed by atoms with Crippen molar-refractivity contribution in [2.45, 2.75) is 51.9 Å². The molecule has 27 heavy (non-hydrogen) atoms. The molecule has 1 heterocycles. The lowest BCUT2D eigenvalue weighted by atomic mass is 9.98. The van der Waals surface area contributed by atoms with E-state index in [-0.39, 0.29) is 41.8 Å². The fourth-order valence-corrected chi connectivity index (χ4v) is 3.88. The second kappa shape index (κ2) is 13.2. The Morgan fingerprint density at radius 3 is 2.48 bits per heavy atom. The topological polar surface area (TPSA) is 83.0 Å². The van der Waals surface area contributed by atoms with Crippen LogP contribution in [0.1, 0.15) is 51.9 Å². The second-order valence-corrected chi connectivity index (χ2v) is 7.22. The summed E-state index contributed by atoms with van der Waals surface area (Å²) in [5.74, 6) is 1.29. The number of guanidine groups is 1. The number of esters is 1. The van der Waals surface area contributed by atoms with Crippen molar-refractivity contribution in [2.75, 3.05) is 39.8 Å². The van der Waals surface area contributed by atoms with Crippen LogP contribution in [0.4, 0.5) is 0 Å². The van der Waals surface area contributed by atoms with Gasteiger partial charge in [-0.05, 0) is 38.5 Å². The molecule has 2 aliphatic rings. The molecule has 2 N–H and O–H groups in total. The van der Waals surface area contributed by atoms with Crippen LogP contribution in [0.3, 0.4) is 0 Å². The van der Waals surface area contributed by atoms with E-state index in [1.165, 1.54) is 25.7 Å². The molecule has 1 aliphatic carbocycles. The van der Waals surface area contributed by atoms with Gasteiger partial charge in [-0.25, -0.2) is 0 Å². The lowest BCUT2D eigenvalue weighted by Gasteiger charge is -2.33. The number of halogens is 1. The van der Waals surface area contributed by atoms with E-state index in [1.807, 2.05) is 6.92 Å². The van der Waals surface area contributed by atoms with Crippen molar-refractivity contribution in [3.63, 3.8) is 0 Å². The lowest BCUT2D eigenvalue weighted by Crippen LogP contribution is -2.49. The molecule has 0 radical (unpaired) electrons. The Morgan fingerprint density at radius 2 is 1.81 bits per heavy atom. The molecule has 1 saturated carbocycles. The molecule has 2 rings (SSSR count). The van der Waals surface area contributed by atoms with E-state index in [0.717, 1.165) is 25.3 Å². The van der Waals surface area contributed by atoms with Gasteiger partial charge in [-0.2, -0.15) is 0 Å². The molecule has 0 aromatic carbocycles. The van der Waals surface area contributed by atoms with Gasteiger partial charge in [0.05, 0.1) is 12.5 Å².